The van der Waals surface area contributed by atoms with Gasteiger partial charge in [-0.05, 0) is 32.3 Å². The zero-order valence-electron chi connectivity index (χ0n) is 9.76. The fourth-order valence-electron chi connectivity index (χ4n) is 1.14. The number of benzene rings is 1. The molecule has 94 valence electrons. The van der Waals surface area contributed by atoms with Gasteiger partial charge in [0.25, 0.3) is 0 Å². The number of halogens is 2. The van der Waals surface area contributed by atoms with E-state index >= 15 is 0 Å². The Bertz CT molecular complexity index is 398. The number of hydrogen-bond acceptors (Lipinski definition) is 2. The Morgan fingerprint density at radius 1 is 1.47 bits per heavy atom. The van der Waals surface area contributed by atoms with Gasteiger partial charge in [0.15, 0.2) is 0 Å². The van der Waals surface area contributed by atoms with Gasteiger partial charge in [-0.2, -0.15) is 0 Å². The summed E-state index contributed by atoms with van der Waals surface area (Å²) in [6, 6.07) is 3.68. The molecule has 0 spiro atoms. The number of rotatable bonds is 4. The van der Waals surface area contributed by atoms with E-state index in [2.05, 4.69) is 10.6 Å². The van der Waals surface area contributed by atoms with Crippen LogP contribution in [0.3, 0.4) is 0 Å². The van der Waals surface area contributed by atoms with Gasteiger partial charge in [0.2, 0.25) is 0 Å². The lowest BCUT2D eigenvalue weighted by molar-refractivity contribution is 0.250. The Labute approximate surface area is 105 Å². The number of urea groups is 1. The van der Waals surface area contributed by atoms with Crippen LogP contribution in [-0.4, -0.2) is 38.1 Å². The molecule has 0 aliphatic heterocycles. The van der Waals surface area contributed by atoms with Crippen LogP contribution in [0.4, 0.5) is 14.9 Å². The summed E-state index contributed by atoms with van der Waals surface area (Å²) in [7, 11) is 3.83. The number of carbonyl (C=O) groups is 1. The van der Waals surface area contributed by atoms with E-state index in [1.807, 2.05) is 19.0 Å². The van der Waals surface area contributed by atoms with Crippen LogP contribution in [0.1, 0.15) is 0 Å². The van der Waals surface area contributed by atoms with Gasteiger partial charge in [-0.1, -0.05) is 11.6 Å². The highest BCUT2D eigenvalue weighted by molar-refractivity contribution is 6.31. The molecule has 0 bridgehead atoms. The summed E-state index contributed by atoms with van der Waals surface area (Å²) in [5, 5.41) is 5.21. The highest BCUT2D eigenvalue weighted by atomic mass is 35.5. The van der Waals surface area contributed by atoms with Crippen LogP contribution in [0.5, 0.6) is 0 Å². The van der Waals surface area contributed by atoms with Crippen LogP contribution in [0.15, 0.2) is 18.2 Å². The molecule has 0 aliphatic carbocycles. The molecule has 1 rings (SSSR count). The van der Waals surface area contributed by atoms with Gasteiger partial charge in [0, 0.05) is 18.8 Å². The minimum atomic E-state index is -0.509. The van der Waals surface area contributed by atoms with E-state index in [0.717, 1.165) is 6.54 Å². The molecule has 1 aromatic rings. The Morgan fingerprint density at radius 2 is 2.18 bits per heavy atom. The molecule has 0 heterocycles. The van der Waals surface area contributed by atoms with E-state index in [1.54, 1.807) is 0 Å². The van der Waals surface area contributed by atoms with E-state index in [0.29, 0.717) is 12.2 Å². The first-order valence-electron chi connectivity index (χ1n) is 5.13. The Morgan fingerprint density at radius 3 is 2.76 bits per heavy atom. The lowest BCUT2D eigenvalue weighted by atomic mass is 10.3. The summed E-state index contributed by atoms with van der Waals surface area (Å²) >= 11 is 5.59. The van der Waals surface area contributed by atoms with Crippen molar-refractivity contribution in [3.05, 3.63) is 29.0 Å². The van der Waals surface area contributed by atoms with Crippen molar-refractivity contribution in [3.8, 4) is 0 Å². The summed E-state index contributed by atoms with van der Waals surface area (Å²) in [5.41, 5.74) is 0.457. The average molecular weight is 260 g/mol. The van der Waals surface area contributed by atoms with Crippen LogP contribution >= 0.6 is 11.6 Å². The number of anilines is 1. The largest absolute Gasteiger partial charge is 0.337 e. The first-order valence-corrected chi connectivity index (χ1v) is 5.51. The van der Waals surface area contributed by atoms with Crippen molar-refractivity contribution in [1.82, 2.24) is 10.2 Å². The smallest absolute Gasteiger partial charge is 0.319 e. The molecule has 0 atom stereocenters. The average Bonchev–Trinajstić information content (AvgIpc) is 2.23. The lowest BCUT2D eigenvalue weighted by Crippen LogP contribution is -2.34. The minimum Gasteiger partial charge on any atom is -0.337 e. The normalized spacial score (nSPS) is 10.4. The standard InChI is InChI=1S/C11H15ClFN3O/c1-16(2)6-5-14-11(17)15-8-3-4-10(13)9(12)7-8/h3-4,7H,5-6H2,1-2H3,(H2,14,15,17). The molecule has 0 aliphatic rings. The van der Waals surface area contributed by atoms with Crippen LogP contribution < -0.4 is 10.6 Å². The maximum atomic E-state index is 12.9. The summed E-state index contributed by atoms with van der Waals surface area (Å²) in [5.74, 6) is -0.509. The SMILES string of the molecule is CN(C)CCNC(=O)Nc1ccc(F)c(Cl)c1. The van der Waals surface area contributed by atoms with Gasteiger partial charge < -0.3 is 15.5 Å². The fourth-order valence-corrected chi connectivity index (χ4v) is 1.32. The van der Waals surface area contributed by atoms with E-state index in [4.69, 9.17) is 11.6 Å². The van der Waals surface area contributed by atoms with Gasteiger partial charge in [-0.15, -0.1) is 0 Å². The van der Waals surface area contributed by atoms with E-state index in [1.165, 1.54) is 18.2 Å². The molecular formula is C11H15ClFN3O. The van der Waals surface area contributed by atoms with E-state index in [9.17, 15) is 9.18 Å². The summed E-state index contributed by atoms with van der Waals surface area (Å²) in [4.78, 5) is 13.4. The van der Waals surface area contributed by atoms with Gasteiger partial charge in [0.05, 0.1) is 5.02 Å². The van der Waals surface area contributed by atoms with Crippen molar-refractivity contribution in [2.45, 2.75) is 0 Å². The summed E-state index contributed by atoms with van der Waals surface area (Å²) < 4.78 is 12.9. The van der Waals surface area contributed by atoms with Gasteiger partial charge in [0.1, 0.15) is 5.82 Å². The highest BCUT2D eigenvalue weighted by Gasteiger charge is 2.04. The van der Waals surface area contributed by atoms with Crippen LogP contribution in [0, 0.1) is 5.82 Å². The molecule has 0 saturated heterocycles. The third kappa shape index (κ3) is 5.01. The number of hydrogen-bond donors (Lipinski definition) is 2. The van der Waals surface area contributed by atoms with Crippen molar-refractivity contribution in [3.63, 3.8) is 0 Å². The second-order valence-corrected chi connectivity index (χ2v) is 4.22. The molecule has 0 saturated carbocycles. The second kappa shape index (κ2) is 6.42. The molecule has 4 nitrogen and oxygen atoms in total. The lowest BCUT2D eigenvalue weighted by Gasteiger charge is -2.11. The zero-order valence-corrected chi connectivity index (χ0v) is 10.5. The number of amides is 2. The van der Waals surface area contributed by atoms with Gasteiger partial charge >= 0.3 is 6.03 Å². The molecule has 2 N–H and O–H groups in total. The molecule has 6 heteroatoms. The Hall–Kier alpha value is -1.33. The second-order valence-electron chi connectivity index (χ2n) is 3.81. The molecule has 0 unspecified atom stereocenters. The molecule has 0 aromatic heterocycles. The van der Waals surface area contributed by atoms with Crippen molar-refractivity contribution >= 4 is 23.3 Å². The first kappa shape index (κ1) is 13.7. The van der Waals surface area contributed by atoms with Crippen molar-refractivity contribution < 1.29 is 9.18 Å². The maximum absolute atomic E-state index is 12.9. The molecule has 17 heavy (non-hydrogen) atoms. The van der Waals surface area contributed by atoms with E-state index in [-0.39, 0.29) is 11.1 Å². The number of nitrogens with zero attached hydrogens (tertiary/aromatic N) is 1. The monoisotopic (exact) mass is 259 g/mol. The molecule has 2 amide bonds. The fraction of sp³-hybridized carbons (Fsp3) is 0.364. The topological polar surface area (TPSA) is 44.4 Å². The highest BCUT2D eigenvalue weighted by Crippen LogP contribution is 2.18. The number of nitrogens with one attached hydrogen (secondary N) is 2. The summed E-state index contributed by atoms with van der Waals surface area (Å²) in [6.07, 6.45) is 0. The Kier molecular flexibility index (Phi) is 5.18. The van der Waals surface area contributed by atoms with Crippen LogP contribution in [0.2, 0.25) is 5.02 Å². The van der Waals surface area contributed by atoms with Crippen LogP contribution in [-0.2, 0) is 0 Å². The molecule has 1 aromatic carbocycles. The van der Waals surface area contributed by atoms with Crippen molar-refractivity contribution in [2.75, 3.05) is 32.5 Å². The summed E-state index contributed by atoms with van der Waals surface area (Å²) in [6.45, 7) is 1.28. The quantitative estimate of drug-likeness (QED) is 0.870. The molecular weight excluding hydrogens is 245 g/mol. The molecule has 0 radical (unpaired) electrons. The van der Waals surface area contributed by atoms with Gasteiger partial charge in [-0.3, -0.25) is 0 Å². The maximum Gasteiger partial charge on any atom is 0.319 e. The van der Waals surface area contributed by atoms with Gasteiger partial charge in [-0.25, -0.2) is 9.18 Å². The third-order valence-corrected chi connectivity index (χ3v) is 2.31. The predicted octanol–water partition coefficient (Wildman–Crippen LogP) is 2.16. The number of likely N-dealkylation sites (N-methyl/N-ethyl adjacent to an activating group) is 1. The zero-order chi connectivity index (χ0) is 12.8. The third-order valence-electron chi connectivity index (χ3n) is 2.02. The van der Waals surface area contributed by atoms with Crippen molar-refractivity contribution in [2.24, 2.45) is 0 Å². The number of carbonyl (C=O) groups excluding carboxylic acids is 1. The van der Waals surface area contributed by atoms with E-state index < -0.39 is 5.82 Å². The predicted molar refractivity (Wildman–Crippen MR) is 67.0 cm³/mol. The first-order chi connectivity index (χ1) is 7.99. The van der Waals surface area contributed by atoms with Crippen LogP contribution in [0.25, 0.3) is 0 Å². The van der Waals surface area contributed by atoms with Crippen molar-refractivity contribution in [1.29, 1.82) is 0 Å². The molecule has 0 fully saturated rings. The Balaban J connectivity index is 2.42. The minimum absolute atomic E-state index is 0.0175.